The van der Waals surface area contributed by atoms with E-state index in [2.05, 4.69) is 10.6 Å². The minimum Gasteiger partial charge on any atom is -0.393 e. The van der Waals surface area contributed by atoms with Crippen molar-refractivity contribution < 1.29 is 19.1 Å². The number of carbonyl (C=O) groups excluding carboxylic acids is 2. The second-order valence-electron chi connectivity index (χ2n) is 4.97. The van der Waals surface area contributed by atoms with E-state index in [1.807, 2.05) is 0 Å². The molecule has 6 heteroatoms. The molecule has 1 aliphatic rings. The van der Waals surface area contributed by atoms with Crippen LogP contribution in [0.5, 0.6) is 0 Å². The SMILES string of the molecule is CC(O)CCNC(=O)C1CC(=O)Nc2cc(F)ccc21. The van der Waals surface area contributed by atoms with Gasteiger partial charge in [0.25, 0.3) is 0 Å². The monoisotopic (exact) mass is 280 g/mol. The maximum atomic E-state index is 13.2. The van der Waals surface area contributed by atoms with Gasteiger partial charge in [0.05, 0.1) is 12.0 Å². The summed E-state index contributed by atoms with van der Waals surface area (Å²) in [6.45, 7) is 1.98. The molecule has 2 rings (SSSR count). The van der Waals surface area contributed by atoms with Crippen LogP contribution >= 0.6 is 0 Å². The zero-order valence-corrected chi connectivity index (χ0v) is 11.1. The van der Waals surface area contributed by atoms with Gasteiger partial charge < -0.3 is 15.7 Å². The van der Waals surface area contributed by atoms with E-state index >= 15 is 0 Å². The van der Waals surface area contributed by atoms with Gasteiger partial charge in [-0.2, -0.15) is 0 Å². The van der Waals surface area contributed by atoms with Crippen LogP contribution in [0.25, 0.3) is 0 Å². The molecule has 0 aliphatic carbocycles. The molecule has 1 aliphatic heterocycles. The lowest BCUT2D eigenvalue weighted by Crippen LogP contribution is -2.36. The predicted molar refractivity (Wildman–Crippen MR) is 71.7 cm³/mol. The largest absolute Gasteiger partial charge is 0.393 e. The molecule has 2 amide bonds. The summed E-state index contributed by atoms with van der Waals surface area (Å²) in [7, 11) is 0. The highest BCUT2D eigenvalue weighted by atomic mass is 19.1. The lowest BCUT2D eigenvalue weighted by molar-refractivity contribution is -0.126. The van der Waals surface area contributed by atoms with E-state index in [4.69, 9.17) is 5.11 Å². The zero-order valence-electron chi connectivity index (χ0n) is 11.1. The van der Waals surface area contributed by atoms with Crippen molar-refractivity contribution in [3.05, 3.63) is 29.6 Å². The normalized spacial score (nSPS) is 18.9. The molecule has 0 bridgehead atoms. The van der Waals surface area contributed by atoms with Gasteiger partial charge in [-0.1, -0.05) is 6.07 Å². The Balaban J connectivity index is 2.12. The third kappa shape index (κ3) is 3.33. The molecule has 1 aromatic carbocycles. The van der Waals surface area contributed by atoms with E-state index in [9.17, 15) is 14.0 Å². The Labute approximate surface area is 116 Å². The van der Waals surface area contributed by atoms with Gasteiger partial charge in [0.2, 0.25) is 11.8 Å². The summed E-state index contributed by atoms with van der Waals surface area (Å²) in [4.78, 5) is 23.7. The quantitative estimate of drug-likeness (QED) is 0.774. The van der Waals surface area contributed by atoms with Gasteiger partial charge in [0, 0.05) is 18.7 Å². The summed E-state index contributed by atoms with van der Waals surface area (Å²) in [6, 6.07) is 4.00. The van der Waals surface area contributed by atoms with Crippen LogP contribution in [-0.4, -0.2) is 29.6 Å². The Morgan fingerprint density at radius 1 is 1.60 bits per heavy atom. The van der Waals surface area contributed by atoms with Crippen molar-refractivity contribution in [3.63, 3.8) is 0 Å². The molecule has 1 aromatic rings. The Hall–Kier alpha value is -1.95. The van der Waals surface area contributed by atoms with E-state index in [1.54, 1.807) is 6.92 Å². The average Bonchev–Trinajstić information content (AvgIpc) is 2.36. The highest BCUT2D eigenvalue weighted by Gasteiger charge is 2.30. The van der Waals surface area contributed by atoms with Crippen molar-refractivity contribution in [2.45, 2.75) is 31.8 Å². The fourth-order valence-corrected chi connectivity index (χ4v) is 2.20. The van der Waals surface area contributed by atoms with Gasteiger partial charge in [-0.25, -0.2) is 4.39 Å². The number of hydrogen-bond acceptors (Lipinski definition) is 3. The lowest BCUT2D eigenvalue weighted by Gasteiger charge is -2.25. The highest BCUT2D eigenvalue weighted by molar-refractivity contribution is 6.01. The van der Waals surface area contributed by atoms with E-state index in [0.29, 0.717) is 24.2 Å². The molecule has 2 atom stereocenters. The van der Waals surface area contributed by atoms with Crippen LogP contribution in [0.1, 0.15) is 31.2 Å². The van der Waals surface area contributed by atoms with Crippen molar-refractivity contribution in [1.29, 1.82) is 0 Å². The maximum Gasteiger partial charge on any atom is 0.228 e. The van der Waals surface area contributed by atoms with Gasteiger partial charge in [0.1, 0.15) is 5.82 Å². The standard InChI is InChI=1S/C14H17FN2O3/c1-8(18)4-5-16-14(20)11-7-13(19)17-12-6-9(15)2-3-10(11)12/h2-3,6,8,11,18H,4-5,7H2,1H3,(H,16,20)(H,17,19). The number of hydrogen-bond donors (Lipinski definition) is 3. The lowest BCUT2D eigenvalue weighted by atomic mass is 9.89. The molecular formula is C14H17FN2O3. The molecule has 1 heterocycles. The number of rotatable bonds is 4. The average molecular weight is 280 g/mol. The summed E-state index contributed by atoms with van der Waals surface area (Å²) in [6.07, 6.45) is -0.00795. The molecule has 0 saturated heterocycles. The zero-order chi connectivity index (χ0) is 14.7. The summed E-state index contributed by atoms with van der Waals surface area (Å²) in [5, 5.41) is 14.4. The number of aliphatic hydroxyl groups is 1. The van der Waals surface area contributed by atoms with Gasteiger partial charge in [-0.3, -0.25) is 9.59 Å². The predicted octanol–water partition coefficient (Wildman–Crippen LogP) is 1.14. The second kappa shape index (κ2) is 6.00. The summed E-state index contributed by atoms with van der Waals surface area (Å²) in [5.74, 6) is -1.67. The van der Waals surface area contributed by atoms with E-state index in [0.717, 1.165) is 0 Å². The third-order valence-electron chi connectivity index (χ3n) is 3.23. The summed E-state index contributed by atoms with van der Waals surface area (Å²) < 4.78 is 13.2. The van der Waals surface area contributed by atoms with Crippen LogP contribution in [-0.2, 0) is 9.59 Å². The Kier molecular flexibility index (Phi) is 4.34. The molecule has 0 radical (unpaired) electrons. The van der Waals surface area contributed by atoms with Gasteiger partial charge in [-0.05, 0) is 31.0 Å². The fraction of sp³-hybridized carbons (Fsp3) is 0.429. The van der Waals surface area contributed by atoms with Crippen LogP contribution in [0.4, 0.5) is 10.1 Å². The molecule has 5 nitrogen and oxygen atoms in total. The molecule has 0 saturated carbocycles. The van der Waals surface area contributed by atoms with Crippen LogP contribution < -0.4 is 10.6 Å². The van der Waals surface area contributed by atoms with Gasteiger partial charge in [0.15, 0.2) is 0 Å². The molecule has 0 spiro atoms. The van der Waals surface area contributed by atoms with Crippen LogP contribution in [0.15, 0.2) is 18.2 Å². The van der Waals surface area contributed by atoms with Gasteiger partial charge >= 0.3 is 0 Å². The maximum absolute atomic E-state index is 13.2. The Bertz CT molecular complexity index is 531. The number of nitrogens with one attached hydrogen (secondary N) is 2. The van der Waals surface area contributed by atoms with Crippen molar-refractivity contribution in [1.82, 2.24) is 5.32 Å². The summed E-state index contributed by atoms with van der Waals surface area (Å²) >= 11 is 0. The molecule has 2 unspecified atom stereocenters. The summed E-state index contributed by atoms with van der Waals surface area (Å²) in [5.41, 5.74) is 0.956. The van der Waals surface area contributed by atoms with Crippen molar-refractivity contribution in [2.75, 3.05) is 11.9 Å². The first-order chi connectivity index (χ1) is 9.47. The number of anilines is 1. The van der Waals surface area contributed by atoms with Crippen LogP contribution in [0, 0.1) is 5.82 Å². The first-order valence-electron chi connectivity index (χ1n) is 6.52. The molecular weight excluding hydrogens is 263 g/mol. The smallest absolute Gasteiger partial charge is 0.228 e. The highest BCUT2D eigenvalue weighted by Crippen LogP contribution is 2.32. The Morgan fingerprint density at radius 3 is 3.05 bits per heavy atom. The second-order valence-corrected chi connectivity index (χ2v) is 4.97. The molecule has 0 aromatic heterocycles. The molecule has 20 heavy (non-hydrogen) atoms. The van der Waals surface area contributed by atoms with Gasteiger partial charge in [-0.15, -0.1) is 0 Å². The van der Waals surface area contributed by atoms with Crippen LogP contribution in [0.3, 0.4) is 0 Å². The van der Waals surface area contributed by atoms with Crippen molar-refractivity contribution >= 4 is 17.5 Å². The van der Waals surface area contributed by atoms with Crippen LogP contribution in [0.2, 0.25) is 0 Å². The fourth-order valence-electron chi connectivity index (χ4n) is 2.20. The topological polar surface area (TPSA) is 78.4 Å². The first kappa shape index (κ1) is 14.5. The van der Waals surface area contributed by atoms with E-state index in [1.165, 1.54) is 18.2 Å². The number of halogens is 1. The number of amides is 2. The number of carbonyl (C=O) groups is 2. The minimum absolute atomic E-state index is 0.0408. The Morgan fingerprint density at radius 2 is 2.35 bits per heavy atom. The molecule has 108 valence electrons. The van der Waals surface area contributed by atoms with Crippen molar-refractivity contribution in [2.24, 2.45) is 0 Å². The number of fused-ring (bicyclic) bond motifs is 1. The first-order valence-corrected chi connectivity index (χ1v) is 6.52. The van der Waals surface area contributed by atoms with E-state index in [-0.39, 0.29) is 18.2 Å². The van der Waals surface area contributed by atoms with Crippen molar-refractivity contribution in [3.8, 4) is 0 Å². The molecule has 3 N–H and O–H groups in total. The minimum atomic E-state index is -0.617. The number of benzene rings is 1. The van der Waals surface area contributed by atoms with E-state index < -0.39 is 17.8 Å². The molecule has 0 fully saturated rings. The third-order valence-corrected chi connectivity index (χ3v) is 3.23. The number of aliphatic hydroxyl groups excluding tert-OH is 1.